The van der Waals surface area contributed by atoms with Gasteiger partial charge in [0, 0.05) is 12.6 Å². The molecular formula is C17H19N5O3. The number of ether oxygens (including phenoxy) is 2. The van der Waals surface area contributed by atoms with Crippen molar-refractivity contribution in [2.75, 3.05) is 26.1 Å². The van der Waals surface area contributed by atoms with Crippen LogP contribution in [0.4, 0.5) is 5.95 Å². The van der Waals surface area contributed by atoms with Gasteiger partial charge >= 0.3 is 0 Å². The number of nitrogens with zero attached hydrogens (tertiary/aromatic N) is 4. The number of aromatic nitrogens is 4. The molecule has 2 aromatic carbocycles. The van der Waals surface area contributed by atoms with Crippen LogP contribution in [0.5, 0.6) is 11.5 Å². The van der Waals surface area contributed by atoms with Gasteiger partial charge in [-0.25, -0.2) is 0 Å². The summed E-state index contributed by atoms with van der Waals surface area (Å²) >= 11 is 0. The Labute approximate surface area is 145 Å². The number of tetrazole rings is 1. The second kappa shape index (κ2) is 7.63. The fourth-order valence-corrected chi connectivity index (χ4v) is 2.37. The molecule has 0 fully saturated rings. The Bertz CT molecular complexity index is 800. The third-order valence-electron chi connectivity index (χ3n) is 3.68. The monoisotopic (exact) mass is 341 g/mol. The van der Waals surface area contributed by atoms with Crippen LogP contribution in [0.1, 0.15) is 11.7 Å². The Hall–Kier alpha value is -3.13. The number of anilines is 1. The van der Waals surface area contributed by atoms with E-state index in [0.717, 1.165) is 5.69 Å². The first kappa shape index (κ1) is 16.7. The van der Waals surface area contributed by atoms with E-state index in [-0.39, 0.29) is 6.54 Å². The first-order valence-electron chi connectivity index (χ1n) is 7.70. The molecule has 2 N–H and O–H groups in total. The van der Waals surface area contributed by atoms with Crippen LogP contribution in [0.15, 0.2) is 48.5 Å². The van der Waals surface area contributed by atoms with E-state index in [1.807, 2.05) is 30.3 Å². The molecule has 1 heterocycles. The lowest BCUT2D eigenvalue weighted by molar-refractivity contribution is 0.190. The number of para-hydroxylation sites is 1. The number of nitrogens with one attached hydrogen (secondary N) is 1. The van der Waals surface area contributed by atoms with E-state index in [0.29, 0.717) is 23.0 Å². The van der Waals surface area contributed by atoms with Gasteiger partial charge in [-0.2, -0.15) is 4.68 Å². The quantitative estimate of drug-likeness (QED) is 0.677. The maximum atomic E-state index is 10.5. The minimum absolute atomic E-state index is 0.226. The van der Waals surface area contributed by atoms with Crippen molar-refractivity contribution in [3.05, 3.63) is 54.1 Å². The zero-order chi connectivity index (χ0) is 17.6. The van der Waals surface area contributed by atoms with Gasteiger partial charge in [0.2, 0.25) is 5.95 Å². The number of benzene rings is 2. The largest absolute Gasteiger partial charge is 0.497 e. The minimum Gasteiger partial charge on any atom is -0.497 e. The summed E-state index contributed by atoms with van der Waals surface area (Å²) in [6.45, 7) is 0.226. The van der Waals surface area contributed by atoms with Crippen molar-refractivity contribution >= 4 is 5.95 Å². The van der Waals surface area contributed by atoms with Crippen molar-refractivity contribution in [2.24, 2.45) is 0 Å². The van der Waals surface area contributed by atoms with Crippen LogP contribution < -0.4 is 14.8 Å². The van der Waals surface area contributed by atoms with E-state index in [1.54, 1.807) is 37.1 Å². The molecule has 0 bridgehead atoms. The standard InChI is InChI=1S/C17H19N5O3/c1-24-14-8-12(9-15(10-14)25-2)16(23)11-18-17-19-20-21-22(17)13-6-4-3-5-7-13/h3-10,16,23H,11H2,1-2H3,(H,18,19,21). The van der Waals surface area contributed by atoms with E-state index in [9.17, 15) is 5.11 Å². The van der Waals surface area contributed by atoms with Crippen LogP contribution in [-0.2, 0) is 0 Å². The highest BCUT2D eigenvalue weighted by molar-refractivity contribution is 5.41. The van der Waals surface area contributed by atoms with Crippen molar-refractivity contribution in [3.8, 4) is 17.2 Å². The summed E-state index contributed by atoms with van der Waals surface area (Å²) in [6.07, 6.45) is -0.787. The topological polar surface area (TPSA) is 94.3 Å². The molecule has 25 heavy (non-hydrogen) atoms. The van der Waals surface area contributed by atoms with Gasteiger partial charge in [-0.3, -0.25) is 0 Å². The lowest BCUT2D eigenvalue weighted by atomic mass is 10.1. The minimum atomic E-state index is -0.787. The second-order valence-electron chi connectivity index (χ2n) is 5.29. The normalized spacial score (nSPS) is 11.8. The summed E-state index contributed by atoms with van der Waals surface area (Å²) in [4.78, 5) is 0. The van der Waals surface area contributed by atoms with Crippen LogP contribution in [0.2, 0.25) is 0 Å². The average Bonchev–Trinajstić information content (AvgIpc) is 3.14. The molecule has 1 aromatic heterocycles. The van der Waals surface area contributed by atoms with Crippen LogP contribution in [0, 0.1) is 0 Å². The predicted octanol–water partition coefficient (Wildman–Crippen LogP) is 1.82. The Morgan fingerprint density at radius 3 is 2.40 bits per heavy atom. The van der Waals surface area contributed by atoms with E-state index in [4.69, 9.17) is 9.47 Å². The lowest BCUT2D eigenvalue weighted by Crippen LogP contribution is -2.15. The van der Waals surface area contributed by atoms with Gasteiger partial charge in [0.05, 0.1) is 26.0 Å². The third-order valence-corrected chi connectivity index (χ3v) is 3.68. The number of rotatable bonds is 7. The van der Waals surface area contributed by atoms with Crippen LogP contribution in [-0.4, -0.2) is 46.1 Å². The Kier molecular flexibility index (Phi) is 5.10. The molecule has 0 aliphatic rings. The molecule has 1 unspecified atom stereocenters. The SMILES string of the molecule is COc1cc(OC)cc(C(O)CNc2nnnn2-c2ccccc2)c1. The molecule has 8 nitrogen and oxygen atoms in total. The van der Waals surface area contributed by atoms with Crippen molar-refractivity contribution in [3.63, 3.8) is 0 Å². The third kappa shape index (κ3) is 3.86. The fourth-order valence-electron chi connectivity index (χ4n) is 2.37. The molecule has 0 saturated carbocycles. The van der Waals surface area contributed by atoms with E-state index in [2.05, 4.69) is 20.8 Å². The summed E-state index contributed by atoms with van der Waals surface area (Å²) in [7, 11) is 3.13. The Morgan fingerprint density at radius 2 is 1.76 bits per heavy atom. The van der Waals surface area contributed by atoms with E-state index < -0.39 is 6.10 Å². The van der Waals surface area contributed by atoms with Gasteiger partial charge < -0.3 is 19.9 Å². The summed E-state index contributed by atoms with van der Waals surface area (Å²) < 4.78 is 12.0. The second-order valence-corrected chi connectivity index (χ2v) is 5.29. The highest BCUT2D eigenvalue weighted by Gasteiger charge is 2.14. The summed E-state index contributed by atoms with van der Waals surface area (Å²) in [5.74, 6) is 1.67. The Balaban J connectivity index is 1.73. The van der Waals surface area contributed by atoms with Crippen molar-refractivity contribution in [1.29, 1.82) is 0 Å². The van der Waals surface area contributed by atoms with Crippen molar-refractivity contribution in [1.82, 2.24) is 20.2 Å². The smallest absolute Gasteiger partial charge is 0.247 e. The van der Waals surface area contributed by atoms with Gasteiger partial charge in [-0.05, 0) is 40.3 Å². The summed E-state index contributed by atoms with van der Waals surface area (Å²) in [6, 6.07) is 14.8. The fraction of sp³-hybridized carbons (Fsp3) is 0.235. The number of hydrogen-bond acceptors (Lipinski definition) is 7. The lowest BCUT2D eigenvalue weighted by Gasteiger charge is -2.15. The zero-order valence-corrected chi connectivity index (χ0v) is 14.0. The average molecular weight is 341 g/mol. The van der Waals surface area contributed by atoms with Crippen LogP contribution in [0.25, 0.3) is 5.69 Å². The summed E-state index contributed by atoms with van der Waals surface area (Å²) in [5, 5.41) is 25.1. The maximum absolute atomic E-state index is 10.5. The van der Waals surface area contributed by atoms with Crippen LogP contribution >= 0.6 is 0 Å². The molecule has 1 atom stereocenters. The molecule has 0 spiro atoms. The number of hydrogen-bond donors (Lipinski definition) is 2. The highest BCUT2D eigenvalue weighted by Crippen LogP contribution is 2.26. The zero-order valence-electron chi connectivity index (χ0n) is 14.0. The highest BCUT2D eigenvalue weighted by atomic mass is 16.5. The van der Waals surface area contributed by atoms with Gasteiger partial charge in [-0.15, -0.1) is 0 Å². The molecule has 0 aliphatic heterocycles. The number of aliphatic hydroxyl groups is 1. The molecule has 3 rings (SSSR count). The first-order chi connectivity index (χ1) is 12.2. The molecule has 0 saturated heterocycles. The predicted molar refractivity (Wildman–Crippen MR) is 92.1 cm³/mol. The number of aliphatic hydroxyl groups excluding tert-OH is 1. The van der Waals surface area contributed by atoms with Crippen LogP contribution in [0.3, 0.4) is 0 Å². The van der Waals surface area contributed by atoms with Crippen molar-refractivity contribution < 1.29 is 14.6 Å². The maximum Gasteiger partial charge on any atom is 0.247 e. The van der Waals surface area contributed by atoms with Gasteiger partial charge in [0.1, 0.15) is 11.5 Å². The molecule has 0 radical (unpaired) electrons. The molecule has 0 amide bonds. The Morgan fingerprint density at radius 1 is 1.08 bits per heavy atom. The molecule has 0 aliphatic carbocycles. The first-order valence-corrected chi connectivity index (χ1v) is 7.70. The van der Waals surface area contributed by atoms with Gasteiger partial charge in [0.15, 0.2) is 0 Å². The van der Waals surface area contributed by atoms with Crippen molar-refractivity contribution in [2.45, 2.75) is 6.10 Å². The van der Waals surface area contributed by atoms with Gasteiger partial charge in [-0.1, -0.05) is 23.3 Å². The molecule has 3 aromatic rings. The van der Waals surface area contributed by atoms with E-state index in [1.165, 1.54) is 0 Å². The number of methoxy groups -OCH3 is 2. The van der Waals surface area contributed by atoms with Gasteiger partial charge in [0.25, 0.3) is 0 Å². The molecular weight excluding hydrogens is 322 g/mol. The molecule has 8 heteroatoms. The summed E-state index contributed by atoms with van der Waals surface area (Å²) in [5.41, 5.74) is 1.50. The van der Waals surface area contributed by atoms with E-state index >= 15 is 0 Å². The molecule has 130 valence electrons.